The highest BCUT2D eigenvalue weighted by atomic mass is 16.7. The molecule has 2 fully saturated rings. The van der Waals surface area contributed by atoms with Crippen molar-refractivity contribution in [3.8, 4) is 0 Å². The molecule has 0 aromatic rings. The minimum absolute atomic E-state index is 0.0257. The highest BCUT2D eigenvalue weighted by Crippen LogP contribution is 2.33. The number of allylic oxidation sites excluding steroid dienone is 2. The highest BCUT2D eigenvalue weighted by Gasteiger charge is 2.54. The first-order valence-electron chi connectivity index (χ1n) is 6.93. The number of hydrogen-bond acceptors (Lipinski definition) is 4. The Bertz CT molecular complexity index is 405. The molecule has 2 heterocycles. The molecule has 0 aromatic carbocycles. The van der Waals surface area contributed by atoms with Gasteiger partial charge in [0.2, 0.25) is 0 Å². The van der Waals surface area contributed by atoms with E-state index in [9.17, 15) is 4.79 Å². The molecule has 3 atom stereocenters. The fourth-order valence-corrected chi connectivity index (χ4v) is 2.72. The van der Waals surface area contributed by atoms with Gasteiger partial charge in [-0.3, -0.25) is 4.79 Å². The molecular formula is C15H23NO4. The first-order valence-corrected chi connectivity index (χ1v) is 6.93. The van der Waals surface area contributed by atoms with Crippen LogP contribution in [-0.4, -0.2) is 55.1 Å². The normalized spacial score (nSPS) is 32.6. The number of nitrogens with zero attached hydrogens (tertiary/aromatic N) is 1. The molecule has 5 heteroatoms. The van der Waals surface area contributed by atoms with Gasteiger partial charge in [0.25, 0.3) is 5.91 Å². The van der Waals surface area contributed by atoms with Gasteiger partial charge in [-0.15, -0.1) is 0 Å². The topological polar surface area (TPSA) is 48.0 Å². The molecular weight excluding hydrogens is 258 g/mol. The smallest absolute Gasteiger partial charge is 0.254 e. The van der Waals surface area contributed by atoms with Crippen molar-refractivity contribution in [3.05, 3.63) is 24.8 Å². The van der Waals surface area contributed by atoms with Crippen LogP contribution in [-0.2, 0) is 19.0 Å². The van der Waals surface area contributed by atoms with Crippen molar-refractivity contribution in [1.82, 2.24) is 4.90 Å². The summed E-state index contributed by atoms with van der Waals surface area (Å²) in [5, 5.41) is 0. The molecule has 0 spiro atoms. The molecule has 0 bridgehead atoms. The van der Waals surface area contributed by atoms with Gasteiger partial charge in [-0.1, -0.05) is 24.8 Å². The summed E-state index contributed by atoms with van der Waals surface area (Å²) in [6.07, 6.45) is 5.85. The first-order chi connectivity index (χ1) is 9.50. The Balaban J connectivity index is 1.98. The maximum Gasteiger partial charge on any atom is 0.254 e. The summed E-state index contributed by atoms with van der Waals surface area (Å²) in [5.41, 5.74) is 0. The molecule has 2 saturated heterocycles. The lowest BCUT2D eigenvalue weighted by atomic mass is 9.92. The Hall–Kier alpha value is -1.17. The molecule has 2 aliphatic heterocycles. The van der Waals surface area contributed by atoms with E-state index < -0.39 is 11.9 Å². The second-order valence-corrected chi connectivity index (χ2v) is 5.50. The van der Waals surface area contributed by atoms with E-state index in [4.69, 9.17) is 14.2 Å². The fraction of sp³-hybridized carbons (Fsp3) is 0.667. The van der Waals surface area contributed by atoms with Crippen LogP contribution in [0.15, 0.2) is 24.8 Å². The first kappa shape index (κ1) is 15.2. The molecule has 1 amide bonds. The van der Waals surface area contributed by atoms with Crippen molar-refractivity contribution in [1.29, 1.82) is 0 Å². The minimum Gasteiger partial charge on any atom is -0.369 e. The predicted molar refractivity (Wildman–Crippen MR) is 75.2 cm³/mol. The molecule has 20 heavy (non-hydrogen) atoms. The second kappa shape index (κ2) is 6.08. The number of ether oxygens (including phenoxy) is 3. The van der Waals surface area contributed by atoms with Crippen LogP contribution in [0.5, 0.6) is 0 Å². The van der Waals surface area contributed by atoms with Gasteiger partial charge in [0, 0.05) is 13.7 Å². The van der Waals surface area contributed by atoms with Crippen LogP contribution in [0, 0.1) is 0 Å². The maximum atomic E-state index is 12.0. The molecule has 0 saturated carbocycles. The van der Waals surface area contributed by atoms with Crippen LogP contribution in [0.25, 0.3) is 0 Å². The van der Waals surface area contributed by atoms with E-state index in [-0.39, 0.29) is 18.1 Å². The fourth-order valence-electron chi connectivity index (χ4n) is 2.72. The quantitative estimate of drug-likeness (QED) is 0.547. The summed E-state index contributed by atoms with van der Waals surface area (Å²) in [6.45, 7) is 8.54. The third-order valence-corrected chi connectivity index (χ3v) is 3.67. The molecule has 5 nitrogen and oxygen atoms in total. The van der Waals surface area contributed by atoms with Gasteiger partial charge in [-0.05, 0) is 20.3 Å². The highest BCUT2D eigenvalue weighted by molar-refractivity contribution is 5.88. The third-order valence-electron chi connectivity index (χ3n) is 3.67. The zero-order chi connectivity index (χ0) is 14.8. The number of rotatable bonds is 6. The Labute approximate surface area is 120 Å². The third kappa shape index (κ3) is 2.95. The van der Waals surface area contributed by atoms with Gasteiger partial charge < -0.3 is 19.1 Å². The largest absolute Gasteiger partial charge is 0.369 e. The summed E-state index contributed by atoms with van der Waals surface area (Å²) in [5.74, 6) is -0.562. The lowest BCUT2D eigenvalue weighted by Crippen LogP contribution is -2.70. The number of carbonyl (C=O) groups is 1. The van der Waals surface area contributed by atoms with Crippen molar-refractivity contribution in [2.75, 3.05) is 20.3 Å². The van der Waals surface area contributed by atoms with E-state index in [1.165, 1.54) is 0 Å². The van der Waals surface area contributed by atoms with Gasteiger partial charge in [0.1, 0.15) is 6.10 Å². The van der Waals surface area contributed by atoms with Gasteiger partial charge >= 0.3 is 0 Å². The Kier molecular flexibility index (Phi) is 4.62. The number of hydrogen-bond donors (Lipinski definition) is 0. The van der Waals surface area contributed by atoms with Crippen LogP contribution in [0.2, 0.25) is 0 Å². The minimum atomic E-state index is -0.587. The molecule has 0 aromatic heterocycles. The van der Waals surface area contributed by atoms with E-state index >= 15 is 0 Å². The zero-order valence-corrected chi connectivity index (χ0v) is 12.4. The van der Waals surface area contributed by atoms with Crippen molar-refractivity contribution in [2.24, 2.45) is 0 Å². The summed E-state index contributed by atoms with van der Waals surface area (Å²) in [7, 11) is 1.56. The second-order valence-electron chi connectivity index (χ2n) is 5.50. The summed E-state index contributed by atoms with van der Waals surface area (Å²) in [6, 6.07) is -0.0635. The summed E-state index contributed by atoms with van der Waals surface area (Å²) >= 11 is 0. The maximum absolute atomic E-state index is 12.0. The summed E-state index contributed by atoms with van der Waals surface area (Å²) in [4.78, 5) is 13.9. The van der Waals surface area contributed by atoms with E-state index in [2.05, 4.69) is 6.58 Å². The van der Waals surface area contributed by atoms with Crippen molar-refractivity contribution in [2.45, 2.75) is 44.3 Å². The number of likely N-dealkylation sites (tertiary alicyclic amines) is 1. The summed E-state index contributed by atoms with van der Waals surface area (Å²) < 4.78 is 16.7. The van der Waals surface area contributed by atoms with E-state index in [0.717, 1.165) is 6.42 Å². The molecule has 0 N–H and O–H groups in total. The Morgan fingerprint density at radius 1 is 1.55 bits per heavy atom. The van der Waals surface area contributed by atoms with Gasteiger partial charge in [-0.25, -0.2) is 0 Å². The zero-order valence-electron chi connectivity index (χ0n) is 12.4. The molecule has 0 radical (unpaired) electrons. The van der Waals surface area contributed by atoms with Crippen LogP contribution in [0.4, 0.5) is 0 Å². The monoisotopic (exact) mass is 281 g/mol. The average molecular weight is 281 g/mol. The van der Waals surface area contributed by atoms with Crippen LogP contribution >= 0.6 is 0 Å². The van der Waals surface area contributed by atoms with E-state index in [0.29, 0.717) is 13.2 Å². The van der Waals surface area contributed by atoms with Crippen molar-refractivity contribution < 1.29 is 19.0 Å². The van der Waals surface area contributed by atoms with E-state index in [1.807, 2.05) is 30.9 Å². The predicted octanol–water partition coefficient (Wildman–Crippen LogP) is 1.50. The van der Waals surface area contributed by atoms with Crippen LogP contribution in [0.1, 0.15) is 20.3 Å². The molecule has 2 aliphatic rings. The number of methoxy groups -OCH3 is 1. The lowest BCUT2D eigenvalue weighted by Gasteiger charge is -2.48. The molecule has 112 valence electrons. The molecule has 2 rings (SSSR count). The van der Waals surface area contributed by atoms with Gasteiger partial charge in [0.15, 0.2) is 11.9 Å². The lowest BCUT2D eigenvalue weighted by molar-refractivity contribution is -0.192. The molecule has 0 unspecified atom stereocenters. The number of carbonyl (C=O) groups excluding carboxylic acids is 1. The Morgan fingerprint density at radius 3 is 2.85 bits per heavy atom. The Morgan fingerprint density at radius 2 is 2.30 bits per heavy atom. The van der Waals surface area contributed by atoms with Gasteiger partial charge in [0.05, 0.1) is 12.6 Å². The molecule has 0 aliphatic carbocycles. The van der Waals surface area contributed by atoms with Crippen molar-refractivity contribution in [3.63, 3.8) is 0 Å². The number of β-lactam (4-membered cyclic amide) rings is 1. The van der Waals surface area contributed by atoms with E-state index in [1.54, 1.807) is 13.2 Å². The van der Waals surface area contributed by atoms with Crippen LogP contribution in [0.3, 0.4) is 0 Å². The number of amides is 1. The van der Waals surface area contributed by atoms with Crippen LogP contribution < -0.4 is 0 Å². The standard InChI is InChI=1S/C15H23NO4/c1-5-6-7-8-9-16-12(13(18-4)14(16)17)11-10-19-15(2,3)20-11/h5-7,11-13H,1,8-10H2,2-4H3/b7-6+/t11-,12+,13-/m1/s1. The average Bonchev–Trinajstić information content (AvgIpc) is 2.75. The van der Waals surface area contributed by atoms with Crippen molar-refractivity contribution >= 4 is 5.91 Å². The van der Waals surface area contributed by atoms with Gasteiger partial charge in [-0.2, -0.15) is 0 Å². The SMILES string of the molecule is C=C/C=C/CCN1C(=O)[C@H](OC)[C@@H]1[C@H]1COC(C)(C)O1.